The standard InChI is InChI=1S/C17H24ClNO3/c1-2-16(22-12-7-3-4-8-12)17(21)19-11-15(20)13-9-5-6-10-14(13)18/h5-6,9-10,12,15-16,20H,2-4,7-8,11H2,1H3,(H,19,21). The molecule has 1 aromatic carbocycles. The van der Waals surface area contributed by atoms with Gasteiger partial charge in [-0.1, -0.05) is 49.6 Å². The number of hydrogen-bond donors (Lipinski definition) is 2. The van der Waals surface area contributed by atoms with Crippen LogP contribution in [-0.4, -0.2) is 29.8 Å². The van der Waals surface area contributed by atoms with Gasteiger partial charge in [0, 0.05) is 17.1 Å². The van der Waals surface area contributed by atoms with Crippen LogP contribution in [-0.2, 0) is 9.53 Å². The summed E-state index contributed by atoms with van der Waals surface area (Å²) in [5.74, 6) is -0.166. The molecule has 5 heteroatoms. The van der Waals surface area contributed by atoms with Crippen molar-refractivity contribution in [3.05, 3.63) is 34.9 Å². The molecule has 1 aliphatic rings. The summed E-state index contributed by atoms with van der Waals surface area (Å²) in [6.45, 7) is 2.07. The topological polar surface area (TPSA) is 58.6 Å². The third-order valence-electron chi connectivity index (χ3n) is 4.06. The molecule has 0 radical (unpaired) electrons. The van der Waals surface area contributed by atoms with E-state index in [4.69, 9.17) is 16.3 Å². The molecule has 0 heterocycles. The Hall–Kier alpha value is -1.10. The van der Waals surface area contributed by atoms with Gasteiger partial charge in [0.25, 0.3) is 0 Å². The smallest absolute Gasteiger partial charge is 0.249 e. The summed E-state index contributed by atoms with van der Waals surface area (Å²) in [4.78, 5) is 12.2. The zero-order chi connectivity index (χ0) is 15.9. The van der Waals surface area contributed by atoms with Gasteiger partial charge in [0.1, 0.15) is 6.10 Å². The fourth-order valence-electron chi connectivity index (χ4n) is 2.77. The van der Waals surface area contributed by atoms with Crippen LogP contribution in [0.1, 0.15) is 50.7 Å². The number of rotatable bonds is 7. The number of benzene rings is 1. The number of amides is 1. The van der Waals surface area contributed by atoms with E-state index in [0.29, 0.717) is 17.0 Å². The van der Waals surface area contributed by atoms with E-state index >= 15 is 0 Å². The first-order chi connectivity index (χ1) is 10.6. The second kappa shape index (κ2) is 8.51. The number of hydrogen-bond acceptors (Lipinski definition) is 3. The fourth-order valence-corrected chi connectivity index (χ4v) is 3.03. The van der Waals surface area contributed by atoms with E-state index in [2.05, 4.69) is 5.32 Å². The molecule has 0 aliphatic heterocycles. The van der Waals surface area contributed by atoms with E-state index in [9.17, 15) is 9.90 Å². The zero-order valence-corrected chi connectivity index (χ0v) is 13.7. The van der Waals surface area contributed by atoms with Crippen LogP contribution in [0.2, 0.25) is 5.02 Å². The van der Waals surface area contributed by atoms with Crippen LogP contribution in [0.25, 0.3) is 0 Å². The number of carbonyl (C=O) groups is 1. The monoisotopic (exact) mass is 325 g/mol. The van der Waals surface area contributed by atoms with Crippen molar-refractivity contribution in [1.29, 1.82) is 0 Å². The van der Waals surface area contributed by atoms with Crippen molar-refractivity contribution in [1.82, 2.24) is 5.32 Å². The van der Waals surface area contributed by atoms with Crippen LogP contribution < -0.4 is 5.32 Å². The minimum absolute atomic E-state index is 0.132. The van der Waals surface area contributed by atoms with Gasteiger partial charge in [0.2, 0.25) is 5.91 Å². The van der Waals surface area contributed by atoms with Gasteiger partial charge < -0.3 is 15.2 Å². The van der Waals surface area contributed by atoms with Crippen LogP contribution in [0.5, 0.6) is 0 Å². The van der Waals surface area contributed by atoms with Crippen LogP contribution in [0.3, 0.4) is 0 Å². The first-order valence-electron chi connectivity index (χ1n) is 7.97. The zero-order valence-electron chi connectivity index (χ0n) is 12.9. The Morgan fingerprint density at radius 1 is 1.41 bits per heavy atom. The minimum atomic E-state index is -0.818. The molecule has 1 aliphatic carbocycles. The fraction of sp³-hybridized carbons (Fsp3) is 0.588. The Morgan fingerprint density at radius 3 is 2.73 bits per heavy atom. The molecule has 22 heavy (non-hydrogen) atoms. The second-order valence-corrected chi connectivity index (χ2v) is 6.13. The van der Waals surface area contributed by atoms with Gasteiger partial charge in [0.15, 0.2) is 0 Å². The first-order valence-corrected chi connectivity index (χ1v) is 8.35. The van der Waals surface area contributed by atoms with Gasteiger partial charge in [-0.05, 0) is 25.3 Å². The van der Waals surface area contributed by atoms with Crippen molar-refractivity contribution >= 4 is 17.5 Å². The average Bonchev–Trinajstić information content (AvgIpc) is 3.03. The van der Waals surface area contributed by atoms with Gasteiger partial charge in [-0.3, -0.25) is 4.79 Å². The maximum absolute atomic E-state index is 12.2. The molecule has 4 nitrogen and oxygen atoms in total. The maximum Gasteiger partial charge on any atom is 0.249 e. The van der Waals surface area contributed by atoms with Gasteiger partial charge >= 0.3 is 0 Å². The van der Waals surface area contributed by atoms with Gasteiger partial charge in [-0.25, -0.2) is 0 Å². The van der Waals surface area contributed by atoms with Crippen molar-refractivity contribution in [3.8, 4) is 0 Å². The summed E-state index contributed by atoms with van der Waals surface area (Å²) in [6, 6.07) is 7.09. The van der Waals surface area contributed by atoms with E-state index in [1.165, 1.54) is 12.8 Å². The van der Waals surface area contributed by atoms with Gasteiger partial charge in [0.05, 0.1) is 12.2 Å². The highest BCUT2D eigenvalue weighted by Crippen LogP contribution is 2.24. The number of carbonyl (C=O) groups excluding carboxylic acids is 1. The maximum atomic E-state index is 12.2. The number of aliphatic hydroxyl groups is 1. The molecule has 1 saturated carbocycles. The third-order valence-corrected chi connectivity index (χ3v) is 4.40. The van der Waals surface area contributed by atoms with Crippen LogP contribution in [0.4, 0.5) is 0 Å². The molecule has 0 saturated heterocycles. The molecule has 2 unspecified atom stereocenters. The van der Waals surface area contributed by atoms with E-state index in [1.54, 1.807) is 18.2 Å². The van der Waals surface area contributed by atoms with Gasteiger partial charge in [-0.15, -0.1) is 0 Å². The Kier molecular flexibility index (Phi) is 6.68. The molecule has 1 aromatic rings. The van der Waals surface area contributed by atoms with Crippen molar-refractivity contribution in [2.75, 3.05) is 6.54 Å². The summed E-state index contributed by atoms with van der Waals surface area (Å²) in [5, 5.41) is 13.4. The molecule has 1 amide bonds. The molecule has 2 rings (SSSR count). The Morgan fingerprint density at radius 2 is 2.09 bits per heavy atom. The first kappa shape index (κ1) is 17.3. The third kappa shape index (κ3) is 4.70. The Labute approximate surface area is 136 Å². The van der Waals surface area contributed by atoms with Gasteiger partial charge in [-0.2, -0.15) is 0 Å². The molecular weight excluding hydrogens is 302 g/mol. The molecular formula is C17H24ClNO3. The molecule has 0 aromatic heterocycles. The van der Waals surface area contributed by atoms with E-state index in [1.807, 2.05) is 13.0 Å². The number of nitrogens with one attached hydrogen (secondary N) is 1. The van der Waals surface area contributed by atoms with Crippen LogP contribution >= 0.6 is 11.6 Å². The lowest BCUT2D eigenvalue weighted by atomic mass is 10.1. The van der Waals surface area contributed by atoms with Crippen molar-refractivity contribution in [3.63, 3.8) is 0 Å². The van der Waals surface area contributed by atoms with Crippen LogP contribution in [0.15, 0.2) is 24.3 Å². The molecule has 122 valence electrons. The highest BCUT2D eigenvalue weighted by atomic mass is 35.5. The van der Waals surface area contributed by atoms with E-state index in [-0.39, 0.29) is 18.6 Å². The molecule has 1 fully saturated rings. The van der Waals surface area contributed by atoms with Crippen LogP contribution in [0, 0.1) is 0 Å². The van der Waals surface area contributed by atoms with E-state index in [0.717, 1.165) is 12.8 Å². The Bertz CT molecular complexity index is 489. The quantitative estimate of drug-likeness (QED) is 0.809. The molecule has 2 atom stereocenters. The van der Waals surface area contributed by atoms with Crippen molar-refractivity contribution in [2.24, 2.45) is 0 Å². The lowest BCUT2D eigenvalue weighted by Gasteiger charge is -2.21. The SMILES string of the molecule is CCC(OC1CCCC1)C(=O)NCC(O)c1ccccc1Cl. The predicted molar refractivity (Wildman–Crippen MR) is 86.8 cm³/mol. The Balaban J connectivity index is 1.83. The normalized spacial score (nSPS) is 18.1. The summed E-state index contributed by atoms with van der Waals surface area (Å²) < 4.78 is 5.86. The highest BCUT2D eigenvalue weighted by molar-refractivity contribution is 6.31. The molecule has 2 N–H and O–H groups in total. The van der Waals surface area contributed by atoms with E-state index < -0.39 is 12.2 Å². The van der Waals surface area contributed by atoms with Crippen molar-refractivity contribution < 1.29 is 14.6 Å². The number of halogens is 1. The second-order valence-electron chi connectivity index (χ2n) is 5.72. The average molecular weight is 326 g/mol. The summed E-state index contributed by atoms with van der Waals surface area (Å²) in [7, 11) is 0. The summed E-state index contributed by atoms with van der Waals surface area (Å²) in [5.41, 5.74) is 0.620. The molecule has 0 bridgehead atoms. The summed E-state index contributed by atoms with van der Waals surface area (Å²) in [6.07, 6.45) is 3.98. The predicted octanol–water partition coefficient (Wildman–Crippen LogP) is 3.23. The highest BCUT2D eigenvalue weighted by Gasteiger charge is 2.24. The number of aliphatic hydroxyl groups excluding tert-OH is 1. The summed E-state index contributed by atoms with van der Waals surface area (Å²) >= 11 is 6.04. The number of ether oxygens (including phenoxy) is 1. The molecule has 0 spiro atoms. The minimum Gasteiger partial charge on any atom is -0.387 e. The largest absolute Gasteiger partial charge is 0.387 e. The van der Waals surface area contributed by atoms with Crippen molar-refractivity contribution in [2.45, 2.75) is 57.3 Å². The lowest BCUT2D eigenvalue weighted by Crippen LogP contribution is -2.39. The lowest BCUT2D eigenvalue weighted by molar-refractivity contribution is -0.137.